The maximum absolute atomic E-state index is 15.4. The van der Waals surface area contributed by atoms with Crippen molar-refractivity contribution in [2.75, 3.05) is 17.0 Å². The third kappa shape index (κ3) is 11.2. The van der Waals surface area contributed by atoms with Gasteiger partial charge in [-0.3, -0.25) is 14.9 Å². The van der Waals surface area contributed by atoms with Gasteiger partial charge in [0, 0.05) is 34.4 Å². The number of pyridine rings is 1. The van der Waals surface area contributed by atoms with Crippen molar-refractivity contribution in [2.45, 2.75) is 100 Å². The van der Waals surface area contributed by atoms with E-state index in [1.54, 1.807) is 13.8 Å². The van der Waals surface area contributed by atoms with Crippen LogP contribution in [0.25, 0.3) is 22.0 Å². The number of benzene rings is 2. The van der Waals surface area contributed by atoms with Gasteiger partial charge in [0.15, 0.2) is 10.6 Å². The molecule has 0 bridgehead atoms. The first kappa shape index (κ1) is 48.4. The van der Waals surface area contributed by atoms with Gasteiger partial charge < -0.3 is 19.9 Å². The van der Waals surface area contributed by atoms with Crippen LogP contribution in [0.4, 0.5) is 45.3 Å². The molecule has 4 aromatic rings. The monoisotopic (exact) mass is 971 g/mol. The van der Waals surface area contributed by atoms with Gasteiger partial charge >= 0.3 is 6.18 Å². The van der Waals surface area contributed by atoms with Gasteiger partial charge in [0.05, 0.1) is 39.9 Å². The molecule has 3 aliphatic carbocycles. The fourth-order valence-corrected chi connectivity index (χ4v) is 10.3. The Bertz CT molecular complexity index is 2570. The Balaban J connectivity index is 1.36. The van der Waals surface area contributed by atoms with Crippen molar-refractivity contribution in [3.8, 4) is 23.0 Å². The zero-order valence-electron chi connectivity index (χ0n) is 35.0. The van der Waals surface area contributed by atoms with Crippen molar-refractivity contribution in [1.29, 1.82) is 5.41 Å². The Hall–Kier alpha value is -4.58. The number of carbonyl (C=O) groups excluding carboxylic acids is 1. The molecule has 65 heavy (non-hydrogen) atoms. The number of halogens is 10. The van der Waals surface area contributed by atoms with Gasteiger partial charge in [-0.15, -0.1) is 0 Å². The summed E-state index contributed by atoms with van der Waals surface area (Å²) in [4.78, 5) is 18.7. The van der Waals surface area contributed by atoms with E-state index in [0.29, 0.717) is 12.0 Å². The molecule has 1 amide bonds. The lowest BCUT2D eigenvalue weighted by molar-refractivity contribution is -0.121. The second-order valence-corrected chi connectivity index (χ2v) is 20.4. The van der Waals surface area contributed by atoms with Crippen LogP contribution in [0, 0.1) is 40.7 Å². The Morgan fingerprint density at radius 2 is 1.75 bits per heavy atom. The largest absolute Gasteiger partial charge is 0.615 e. The van der Waals surface area contributed by atoms with Crippen LogP contribution in [0.5, 0.6) is 0 Å². The number of allylic oxidation sites excluding steroid dienone is 2. The van der Waals surface area contributed by atoms with Crippen LogP contribution in [-0.4, -0.2) is 71.8 Å². The van der Waals surface area contributed by atoms with Gasteiger partial charge in [-0.1, -0.05) is 36.5 Å². The second-order valence-electron chi connectivity index (χ2n) is 16.9. The van der Waals surface area contributed by atoms with Gasteiger partial charge in [-0.05, 0) is 117 Å². The summed E-state index contributed by atoms with van der Waals surface area (Å²) in [5.41, 5.74) is -3.74. The molecule has 2 aromatic carbocycles. The highest BCUT2D eigenvalue weighted by atomic mass is 35.5. The molecule has 9 nitrogen and oxygen atoms in total. The normalized spacial score (nSPS) is 18.4. The summed E-state index contributed by atoms with van der Waals surface area (Å²) in [6.45, 7) is 2.49. The minimum atomic E-state index is -5.27. The van der Waals surface area contributed by atoms with Crippen LogP contribution >= 0.6 is 23.5 Å². The summed E-state index contributed by atoms with van der Waals surface area (Å²) in [6.07, 6.45) is -5.72. The minimum absolute atomic E-state index is 0.0195. The summed E-state index contributed by atoms with van der Waals surface area (Å²) >= 11 is 6.74. The summed E-state index contributed by atoms with van der Waals surface area (Å²) in [7, 11) is 0. The van der Waals surface area contributed by atoms with E-state index in [1.165, 1.54) is 36.2 Å². The Labute approximate surface area is 380 Å². The number of rotatable bonds is 17. The van der Waals surface area contributed by atoms with Crippen molar-refractivity contribution in [2.24, 2.45) is 11.8 Å². The van der Waals surface area contributed by atoms with E-state index in [0.717, 1.165) is 55.2 Å². The first-order chi connectivity index (χ1) is 30.5. The highest BCUT2D eigenvalue weighted by Crippen LogP contribution is 2.46. The summed E-state index contributed by atoms with van der Waals surface area (Å²) in [5, 5.41) is 17.2. The number of fused-ring (bicyclic) bond motifs is 1. The molecule has 21 heteroatoms. The van der Waals surface area contributed by atoms with Crippen molar-refractivity contribution >= 4 is 63.1 Å². The van der Waals surface area contributed by atoms with Crippen molar-refractivity contribution in [1.82, 2.24) is 25.4 Å². The highest BCUT2D eigenvalue weighted by Gasteiger charge is 2.52. The first-order valence-corrected chi connectivity index (χ1v) is 23.2. The molecule has 0 saturated heterocycles. The van der Waals surface area contributed by atoms with Gasteiger partial charge in [-0.2, -0.15) is 27.1 Å². The number of nitrogens with one attached hydrogen (secondary N) is 4. The molecule has 4 N–H and O–H groups in total. The van der Waals surface area contributed by atoms with Gasteiger partial charge in [0.2, 0.25) is 5.91 Å². The molecule has 3 aliphatic rings. The third-order valence-corrected chi connectivity index (χ3v) is 14.7. The molecular formula is C44H43ClF9N7O2S2. The number of anilines is 1. The molecule has 3 atom stereocenters. The molecule has 0 radical (unpaired) electrons. The zero-order valence-corrected chi connectivity index (χ0v) is 37.4. The van der Waals surface area contributed by atoms with E-state index < -0.39 is 107 Å². The zero-order chi connectivity index (χ0) is 47.2. The van der Waals surface area contributed by atoms with Gasteiger partial charge in [-0.25, -0.2) is 22.5 Å². The molecule has 2 aromatic heterocycles. The number of alkyl halides is 7. The van der Waals surface area contributed by atoms with E-state index in [2.05, 4.69) is 32.3 Å². The fourth-order valence-electron chi connectivity index (χ4n) is 7.55. The van der Waals surface area contributed by atoms with Crippen molar-refractivity contribution < 1.29 is 48.9 Å². The second kappa shape index (κ2) is 19.0. The van der Waals surface area contributed by atoms with Crippen LogP contribution in [0.1, 0.15) is 75.9 Å². The number of aromatic nitrogens is 3. The summed E-state index contributed by atoms with van der Waals surface area (Å²) in [6, 6.07) is 7.19. The quantitative estimate of drug-likeness (QED) is 0.0273. The minimum Gasteiger partial charge on any atom is -0.615 e. The molecule has 2 fully saturated rings. The maximum atomic E-state index is 15.4. The van der Waals surface area contributed by atoms with Crippen LogP contribution < -0.4 is 15.4 Å². The highest BCUT2D eigenvalue weighted by molar-refractivity contribution is 8.00. The lowest BCUT2D eigenvalue weighted by atomic mass is 9.93. The molecule has 2 heterocycles. The standard InChI is InChI=1S/C44H43ClF9N7O2S2/c1-22-14-31(39(55)44(52,53)54)40(43(22,50)51)56-19-35(62)58-33(17-24-15-25(46)18-26(47)16-24)37-29(9-6-27(57-37)12-13-42(2,3)65(63)28-7-8-28)30-10-11-32(45)36-38(30)61(20-34(48)49)59-41(36)60-64-21-23-4-5-23/h6,9-11,15-16,18,22-23,28,33-34,55-56H,4-5,7-8,14,17,19-21H2,1-3H3,(H,58,62)(H,59,60)/t22-,33?,65?/m1/s1. The molecule has 0 spiro atoms. The summed E-state index contributed by atoms with van der Waals surface area (Å²) in [5.74, 6) is -1.23. The smallest absolute Gasteiger partial charge is 0.433 e. The molecule has 7 rings (SSSR count). The number of amides is 1. The van der Waals surface area contributed by atoms with E-state index in [1.807, 2.05) is 0 Å². The Morgan fingerprint density at radius 1 is 1.08 bits per heavy atom. The topological polar surface area (TPSA) is 131 Å². The lowest BCUT2D eigenvalue weighted by Gasteiger charge is -2.24. The number of hydrogen-bond donors (Lipinski definition) is 4. The predicted molar refractivity (Wildman–Crippen MR) is 233 cm³/mol. The van der Waals surface area contributed by atoms with Crippen LogP contribution in [0.15, 0.2) is 53.7 Å². The number of nitrogens with zero attached hydrogens (tertiary/aromatic N) is 3. The third-order valence-electron chi connectivity index (χ3n) is 11.2. The van der Waals surface area contributed by atoms with E-state index in [-0.39, 0.29) is 55.1 Å². The van der Waals surface area contributed by atoms with E-state index in [4.69, 9.17) is 22.0 Å². The predicted octanol–water partition coefficient (Wildman–Crippen LogP) is 10.3. The van der Waals surface area contributed by atoms with E-state index in [9.17, 15) is 40.1 Å². The number of carbonyl (C=O) groups is 1. The average molecular weight is 972 g/mol. The lowest BCUT2D eigenvalue weighted by Crippen LogP contribution is -2.41. The average Bonchev–Trinajstić information content (AvgIpc) is 4.16. The molecule has 348 valence electrons. The SMILES string of the molecule is C[C@@H]1CC(C(=N)C(F)(F)F)=C(NCC(=O)NC(Cc2cc(F)cc(F)c2)c2nc(C#CC(C)(C)[S+]([O-])C3CC3)ccc2-c2ccc(Cl)c3c(NSCC4CC4)nn(CC(F)F)c23)C1(F)F. The van der Waals surface area contributed by atoms with Crippen LogP contribution in [0.2, 0.25) is 5.02 Å². The molecule has 2 unspecified atom stereocenters. The van der Waals surface area contributed by atoms with Crippen LogP contribution in [-0.2, 0) is 28.9 Å². The van der Waals surface area contributed by atoms with Crippen LogP contribution in [0.3, 0.4) is 0 Å². The number of hydrogen-bond acceptors (Lipinski definition) is 8. The molecular weight excluding hydrogens is 929 g/mol. The maximum Gasteiger partial charge on any atom is 0.433 e. The van der Waals surface area contributed by atoms with Crippen molar-refractivity contribution in [3.63, 3.8) is 0 Å². The van der Waals surface area contributed by atoms with Crippen molar-refractivity contribution in [3.05, 3.63) is 87.3 Å². The first-order valence-electron chi connectivity index (χ1n) is 20.6. The summed E-state index contributed by atoms with van der Waals surface area (Å²) < 4.78 is 146. The Morgan fingerprint density at radius 3 is 2.38 bits per heavy atom. The van der Waals surface area contributed by atoms with Gasteiger partial charge in [0.1, 0.15) is 34.8 Å². The molecule has 0 aliphatic heterocycles. The Kier molecular flexibility index (Phi) is 14.1. The van der Waals surface area contributed by atoms with E-state index >= 15 is 8.78 Å². The fraction of sp³-hybridized carbons (Fsp3) is 0.455. The van der Waals surface area contributed by atoms with Gasteiger partial charge in [0.25, 0.3) is 12.3 Å². The molecule has 2 saturated carbocycles.